The smallest absolute Gasteiger partial charge is 0.240 e. The molecule has 0 bridgehead atoms. The van der Waals surface area contributed by atoms with Gasteiger partial charge in [0.25, 0.3) is 0 Å². The maximum Gasteiger partial charge on any atom is 0.240 e. The SMILES string of the molecule is COc1ccc(S(=O)(=O)NC2CC2)cc1NC(=O)CCCOc1ccc(Cl)cc1Cl. The molecule has 2 aromatic carbocycles. The maximum absolute atomic E-state index is 12.4. The minimum Gasteiger partial charge on any atom is -0.495 e. The molecule has 1 aliphatic rings. The van der Waals surface area contributed by atoms with E-state index in [-0.39, 0.29) is 29.9 Å². The van der Waals surface area contributed by atoms with Crippen molar-refractivity contribution >= 4 is 44.8 Å². The summed E-state index contributed by atoms with van der Waals surface area (Å²) in [6.45, 7) is 0.283. The Morgan fingerprint density at radius 3 is 2.53 bits per heavy atom. The number of nitrogens with one attached hydrogen (secondary N) is 2. The molecule has 1 amide bonds. The van der Waals surface area contributed by atoms with Gasteiger partial charge in [-0.05, 0) is 55.7 Å². The molecule has 3 rings (SSSR count). The van der Waals surface area contributed by atoms with Gasteiger partial charge in [0.1, 0.15) is 11.5 Å². The van der Waals surface area contributed by atoms with Crippen LogP contribution in [0.25, 0.3) is 0 Å². The standard InChI is InChI=1S/C20H22Cl2N2O5S/c1-28-19-9-7-15(30(26,27)24-14-5-6-14)12-17(19)23-20(25)3-2-10-29-18-8-4-13(21)11-16(18)22/h4,7-9,11-12,14,24H,2-3,5-6,10H2,1H3,(H,23,25). The zero-order valence-electron chi connectivity index (χ0n) is 16.3. The van der Waals surface area contributed by atoms with Gasteiger partial charge in [0, 0.05) is 17.5 Å². The van der Waals surface area contributed by atoms with E-state index in [9.17, 15) is 13.2 Å². The van der Waals surface area contributed by atoms with E-state index in [1.165, 1.54) is 25.3 Å². The Hall–Kier alpha value is -2.00. The summed E-state index contributed by atoms with van der Waals surface area (Å²) >= 11 is 11.9. The number of amides is 1. The van der Waals surface area contributed by atoms with Crippen molar-refractivity contribution in [1.82, 2.24) is 4.72 Å². The molecule has 0 atom stereocenters. The number of anilines is 1. The highest BCUT2D eigenvalue weighted by Gasteiger charge is 2.28. The van der Waals surface area contributed by atoms with E-state index >= 15 is 0 Å². The molecule has 0 unspecified atom stereocenters. The third-order valence-electron chi connectivity index (χ3n) is 4.35. The Bertz CT molecular complexity index is 1030. The third kappa shape index (κ3) is 6.25. The molecule has 0 aromatic heterocycles. The molecule has 1 fully saturated rings. The number of rotatable bonds is 10. The number of benzene rings is 2. The minimum atomic E-state index is -3.64. The molecule has 0 spiro atoms. The van der Waals surface area contributed by atoms with Gasteiger partial charge in [0.05, 0.1) is 29.3 Å². The molecule has 0 saturated heterocycles. The molecule has 2 N–H and O–H groups in total. The summed E-state index contributed by atoms with van der Waals surface area (Å²) in [5.74, 6) is 0.575. The average molecular weight is 473 g/mol. The van der Waals surface area contributed by atoms with Gasteiger partial charge in [-0.1, -0.05) is 23.2 Å². The molecule has 2 aromatic rings. The fourth-order valence-corrected chi connectivity index (χ4v) is 4.45. The molecule has 10 heteroatoms. The molecule has 0 aliphatic heterocycles. The molecule has 0 radical (unpaired) electrons. The molecular weight excluding hydrogens is 451 g/mol. The van der Waals surface area contributed by atoms with Gasteiger partial charge in [-0.15, -0.1) is 0 Å². The third-order valence-corrected chi connectivity index (χ3v) is 6.40. The highest BCUT2D eigenvalue weighted by molar-refractivity contribution is 7.89. The zero-order valence-corrected chi connectivity index (χ0v) is 18.6. The van der Waals surface area contributed by atoms with Crippen molar-refractivity contribution in [2.24, 2.45) is 0 Å². The van der Waals surface area contributed by atoms with Gasteiger partial charge in [-0.3, -0.25) is 4.79 Å². The van der Waals surface area contributed by atoms with E-state index in [1.54, 1.807) is 18.2 Å². The van der Waals surface area contributed by atoms with E-state index in [1.807, 2.05) is 0 Å². The Morgan fingerprint density at radius 2 is 1.87 bits per heavy atom. The summed E-state index contributed by atoms with van der Waals surface area (Å²) in [5, 5.41) is 3.61. The first-order valence-electron chi connectivity index (χ1n) is 9.36. The first-order chi connectivity index (χ1) is 14.3. The van der Waals surface area contributed by atoms with Crippen LogP contribution in [-0.4, -0.2) is 34.1 Å². The summed E-state index contributed by atoms with van der Waals surface area (Å²) in [5.41, 5.74) is 0.294. The normalized spacial score (nSPS) is 13.7. The number of hydrogen-bond donors (Lipinski definition) is 2. The van der Waals surface area contributed by atoms with Crippen LogP contribution in [0.5, 0.6) is 11.5 Å². The van der Waals surface area contributed by atoms with Gasteiger partial charge in [0.15, 0.2) is 0 Å². The first-order valence-corrected chi connectivity index (χ1v) is 11.6. The molecular formula is C20H22Cl2N2O5S. The monoisotopic (exact) mass is 472 g/mol. The molecule has 1 aliphatic carbocycles. The fraction of sp³-hybridized carbons (Fsp3) is 0.350. The number of carbonyl (C=O) groups excluding carboxylic acids is 1. The van der Waals surface area contributed by atoms with Gasteiger partial charge in [-0.2, -0.15) is 0 Å². The number of halogens is 2. The molecule has 0 heterocycles. The van der Waals surface area contributed by atoms with E-state index in [0.29, 0.717) is 33.7 Å². The Morgan fingerprint density at radius 1 is 1.13 bits per heavy atom. The first kappa shape index (κ1) is 22.7. The van der Waals surface area contributed by atoms with E-state index in [0.717, 1.165) is 12.8 Å². The lowest BCUT2D eigenvalue weighted by atomic mass is 10.2. The van der Waals surface area contributed by atoms with Crippen molar-refractivity contribution in [1.29, 1.82) is 0 Å². The van der Waals surface area contributed by atoms with E-state index < -0.39 is 10.0 Å². The van der Waals surface area contributed by atoms with Gasteiger partial charge >= 0.3 is 0 Å². The van der Waals surface area contributed by atoms with Crippen LogP contribution in [0.1, 0.15) is 25.7 Å². The second kappa shape index (κ2) is 9.87. The van der Waals surface area contributed by atoms with Gasteiger partial charge in [-0.25, -0.2) is 13.1 Å². The van der Waals surface area contributed by atoms with Crippen LogP contribution in [0.4, 0.5) is 5.69 Å². The molecule has 7 nitrogen and oxygen atoms in total. The number of sulfonamides is 1. The van der Waals surface area contributed by atoms with Crippen molar-refractivity contribution in [3.05, 3.63) is 46.4 Å². The summed E-state index contributed by atoms with van der Waals surface area (Å²) in [6, 6.07) is 9.26. The lowest BCUT2D eigenvalue weighted by Crippen LogP contribution is -2.26. The van der Waals surface area contributed by atoms with Crippen LogP contribution in [0.2, 0.25) is 10.0 Å². The fourth-order valence-electron chi connectivity index (χ4n) is 2.66. The number of carbonyl (C=O) groups is 1. The van der Waals surface area contributed by atoms with E-state index in [2.05, 4.69) is 10.0 Å². The number of hydrogen-bond acceptors (Lipinski definition) is 5. The van der Waals surface area contributed by atoms with Crippen LogP contribution in [-0.2, 0) is 14.8 Å². The Balaban J connectivity index is 1.56. The van der Waals surface area contributed by atoms with Crippen molar-refractivity contribution in [2.75, 3.05) is 19.0 Å². The minimum absolute atomic E-state index is 0.00992. The topological polar surface area (TPSA) is 93.7 Å². The maximum atomic E-state index is 12.4. The molecule has 162 valence electrons. The van der Waals surface area contributed by atoms with E-state index in [4.69, 9.17) is 32.7 Å². The highest BCUT2D eigenvalue weighted by atomic mass is 35.5. The lowest BCUT2D eigenvalue weighted by molar-refractivity contribution is -0.116. The van der Waals surface area contributed by atoms with Crippen LogP contribution in [0, 0.1) is 0 Å². The summed E-state index contributed by atoms with van der Waals surface area (Å²) in [6.07, 6.45) is 2.28. The average Bonchev–Trinajstić information content (AvgIpc) is 3.50. The molecule has 30 heavy (non-hydrogen) atoms. The summed E-state index contributed by atoms with van der Waals surface area (Å²) in [4.78, 5) is 12.4. The van der Waals surface area contributed by atoms with Crippen molar-refractivity contribution in [3.63, 3.8) is 0 Å². The largest absolute Gasteiger partial charge is 0.495 e. The quantitative estimate of drug-likeness (QED) is 0.504. The Kier molecular flexibility index (Phi) is 7.46. The number of ether oxygens (including phenoxy) is 2. The van der Waals surface area contributed by atoms with Crippen LogP contribution in [0.3, 0.4) is 0 Å². The second-order valence-electron chi connectivity index (χ2n) is 6.83. The summed E-state index contributed by atoms with van der Waals surface area (Å²) < 4.78 is 38.2. The van der Waals surface area contributed by atoms with Crippen molar-refractivity contribution < 1.29 is 22.7 Å². The molecule has 1 saturated carbocycles. The Labute approximate surface area is 185 Å². The van der Waals surface area contributed by atoms with Crippen molar-refractivity contribution in [2.45, 2.75) is 36.6 Å². The lowest BCUT2D eigenvalue weighted by Gasteiger charge is -2.13. The number of methoxy groups -OCH3 is 1. The second-order valence-corrected chi connectivity index (χ2v) is 9.39. The van der Waals surface area contributed by atoms with Crippen LogP contribution in [0.15, 0.2) is 41.3 Å². The predicted molar refractivity (Wildman–Crippen MR) is 116 cm³/mol. The zero-order chi connectivity index (χ0) is 21.7. The van der Waals surface area contributed by atoms with Crippen molar-refractivity contribution in [3.8, 4) is 11.5 Å². The van der Waals surface area contributed by atoms with Gasteiger partial charge in [0.2, 0.25) is 15.9 Å². The van der Waals surface area contributed by atoms with Crippen LogP contribution >= 0.6 is 23.2 Å². The summed E-state index contributed by atoms with van der Waals surface area (Å²) in [7, 11) is -2.19. The van der Waals surface area contributed by atoms with Gasteiger partial charge < -0.3 is 14.8 Å². The van der Waals surface area contributed by atoms with Crippen LogP contribution < -0.4 is 19.5 Å². The predicted octanol–water partition coefficient (Wildman–Crippen LogP) is 4.24. The highest BCUT2D eigenvalue weighted by Crippen LogP contribution is 2.30.